The number of ether oxygens (including phenoxy) is 2. The highest BCUT2D eigenvalue weighted by Crippen LogP contribution is 2.42. The van der Waals surface area contributed by atoms with Crippen molar-refractivity contribution < 1.29 is 28.2 Å². The molecule has 0 aliphatic carbocycles. The number of carbonyl (C=O) groups excluding carboxylic acids is 3. The molecule has 2 aromatic carbocycles. The lowest BCUT2D eigenvalue weighted by Gasteiger charge is -2.38. The summed E-state index contributed by atoms with van der Waals surface area (Å²) in [5.41, 5.74) is 1.97. The molecule has 1 N–H and O–H groups in total. The number of halogens is 1. The van der Waals surface area contributed by atoms with Gasteiger partial charge in [0.1, 0.15) is 16.6 Å². The highest BCUT2D eigenvalue weighted by atomic mass is 32.1. The summed E-state index contributed by atoms with van der Waals surface area (Å²) in [6.07, 6.45) is -0.705. The van der Waals surface area contributed by atoms with E-state index < -0.39 is 12.0 Å². The molecule has 0 saturated carbocycles. The van der Waals surface area contributed by atoms with Gasteiger partial charge >= 0.3 is 6.03 Å². The number of thiophene rings is 1. The highest BCUT2D eigenvalue weighted by molar-refractivity contribution is 7.18. The third-order valence-electron chi connectivity index (χ3n) is 5.93. The third kappa shape index (κ3) is 5.24. The zero-order chi connectivity index (χ0) is 25.8. The van der Waals surface area contributed by atoms with E-state index in [0.717, 1.165) is 11.3 Å². The molecule has 1 aliphatic rings. The van der Waals surface area contributed by atoms with E-state index in [2.05, 4.69) is 5.32 Å². The maximum Gasteiger partial charge on any atom is 0.327 e. The number of urea groups is 1. The van der Waals surface area contributed by atoms with E-state index in [9.17, 15) is 18.8 Å². The summed E-state index contributed by atoms with van der Waals surface area (Å²) < 4.78 is 23.9. The van der Waals surface area contributed by atoms with Crippen molar-refractivity contribution in [2.45, 2.75) is 19.2 Å². The first kappa shape index (κ1) is 25.3. The molecule has 1 atom stereocenters. The predicted molar refractivity (Wildman–Crippen MR) is 134 cm³/mol. The molecular weight excluding hydrogens is 485 g/mol. The van der Waals surface area contributed by atoms with Crippen LogP contribution in [0.4, 0.5) is 14.2 Å². The first-order chi connectivity index (χ1) is 17.3. The minimum Gasteiger partial charge on any atom is -0.497 e. The van der Waals surface area contributed by atoms with Crippen molar-refractivity contribution in [3.8, 4) is 5.75 Å². The van der Waals surface area contributed by atoms with E-state index >= 15 is 0 Å². The maximum absolute atomic E-state index is 13.2. The fraction of sp³-hybridized carbons (Fsp3) is 0.269. The van der Waals surface area contributed by atoms with E-state index in [4.69, 9.17) is 9.47 Å². The lowest BCUT2D eigenvalue weighted by atomic mass is 10.1. The van der Waals surface area contributed by atoms with Crippen LogP contribution in [0, 0.1) is 5.82 Å². The quantitative estimate of drug-likeness (QED) is 0.424. The normalized spacial score (nSPS) is 15.0. The van der Waals surface area contributed by atoms with Crippen LogP contribution in [0.2, 0.25) is 0 Å². The number of amides is 3. The van der Waals surface area contributed by atoms with Gasteiger partial charge in [-0.3, -0.25) is 19.4 Å². The molecule has 188 valence electrons. The number of nitrogens with zero attached hydrogens (tertiary/aromatic N) is 2. The van der Waals surface area contributed by atoms with Crippen molar-refractivity contribution in [3.05, 3.63) is 82.0 Å². The van der Waals surface area contributed by atoms with Crippen molar-refractivity contribution in [2.75, 3.05) is 32.7 Å². The fourth-order valence-corrected chi connectivity index (χ4v) is 5.03. The number of ketones is 1. The van der Waals surface area contributed by atoms with Crippen molar-refractivity contribution in [1.82, 2.24) is 10.2 Å². The second-order valence-corrected chi connectivity index (χ2v) is 9.24. The van der Waals surface area contributed by atoms with E-state index in [1.54, 1.807) is 20.2 Å². The van der Waals surface area contributed by atoms with Crippen molar-refractivity contribution >= 4 is 34.1 Å². The lowest BCUT2D eigenvalue weighted by molar-refractivity contribution is -0.0108. The number of anilines is 1. The lowest BCUT2D eigenvalue weighted by Crippen LogP contribution is -2.48. The average molecular weight is 512 g/mol. The largest absolute Gasteiger partial charge is 0.497 e. The molecular formula is C26H26FN3O5S. The molecule has 10 heteroatoms. The molecule has 1 aliphatic heterocycles. The van der Waals surface area contributed by atoms with Crippen LogP contribution in [0.5, 0.6) is 5.75 Å². The van der Waals surface area contributed by atoms with Crippen molar-refractivity contribution in [1.29, 1.82) is 0 Å². The highest BCUT2D eigenvalue weighted by Gasteiger charge is 2.38. The number of carbonyl (C=O) groups is 3. The Morgan fingerprint density at radius 3 is 2.42 bits per heavy atom. The van der Waals surface area contributed by atoms with Gasteiger partial charge in [0.25, 0.3) is 5.91 Å². The summed E-state index contributed by atoms with van der Waals surface area (Å²) >= 11 is 1.20. The summed E-state index contributed by atoms with van der Waals surface area (Å²) in [7, 11) is 4.69. The molecule has 3 amide bonds. The molecule has 1 unspecified atom stereocenters. The first-order valence-electron chi connectivity index (χ1n) is 11.2. The number of Topliss-reactive ketones (excluding diaryl/α,β-unsaturated/α-hetero) is 1. The van der Waals surface area contributed by atoms with E-state index in [0.29, 0.717) is 27.5 Å². The van der Waals surface area contributed by atoms with Gasteiger partial charge in [-0.25, -0.2) is 9.18 Å². The van der Waals surface area contributed by atoms with Crippen molar-refractivity contribution in [2.24, 2.45) is 0 Å². The number of methoxy groups -OCH3 is 2. The van der Waals surface area contributed by atoms with Gasteiger partial charge < -0.3 is 14.8 Å². The molecule has 36 heavy (non-hydrogen) atoms. The van der Waals surface area contributed by atoms with Crippen LogP contribution in [0.25, 0.3) is 0 Å². The van der Waals surface area contributed by atoms with Crippen LogP contribution in [-0.4, -0.2) is 50.4 Å². The fourth-order valence-electron chi connectivity index (χ4n) is 3.98. The van der Waals surface area contributed by atoms with Gasteiger partial charge in [0.15, 0.2) is 12.0 Å². The van der Waals surface area contributed by atoms with Gasteiger partial charge in [-0.05, 0) is 48.0 Å². The number of hydrogen-bond acceptors (Lipinski definition) is 6. The standard InChI is InChI=1S/C26H26FN3O5S/c1-29-25-20(14-22(36-25)23(32)28-15-16-4-10-19(34-2)11-5-16)24(35-3)30(26(29)33)13-12-21(31)17-6-8-18(27)9-7-17/h4-11,14,24H,12-13,15H2,1-3H3,(H,28,32). The molecule has 3 aromatic rings. The molecule has 0 bridgehead atoms. The van der Waals surface area contributed by atoms with E-state index in [1.807, 2.05) is 24.3 Å². The molecule has 1 aromatic heterocycles. The monoisotopic (exact) mass is 511 g/mol. The molecule has 0 radical (unpaired) electrons. The van der Waals surface area contributed by atoms with Gasteiger partial charge in [-0.15, -0.1) is 11.3 Å². The van der Waals surface area contributed by atoms with Crippen LogP contribution in [0.3, 0.4) is 0 Å². The molecule has 4 rings (SSSR count). The zero-order valence-corrected chi connectivity index (χ0v) is 20.9. The van der Waals surface area contributed by atoms with Crippen LogP contribution < -0.4 is 15.0 Å². The summed E-state index contributed by atoms with van der Waals surface area (Å²) in [5.74, 6) is -0.167. The average Bonchev–Trinajstić information content (AvgIpc) is 3.34. The Balaban J connectivity index is 1.46. The molecule has 8 nitrogen and oxygen atoms in total. The summed E-state index contributed by atoms with van der Waals surface area (Å²) in [6.45, 7) is 0.442. The van der Waals surface area contributed by atoms with Gasteiger partial charge in [-0.1, -0.05) is 12.1 Å². The smallest absolute Gasteiger partial charge is 0.327 e. The third-order valence-corrected chi connectivity index (χ3v) is 7.16. The second-order valence-electron chi connectivity index (χ2n) is 8.21. The Kier molecular flexibility index (Phi) is 7.66. The molecule has 0 fully saturated rings. The second kappa shape index (κ2) is 10.9. The van der Waals surface area contributed by atoms with E-state index in [-0.39, 0.29) is 30.7 Å². The summed E-state index contributed by atoms with van der Waals surface area (Å²) in [6, 6.07) is 14.1. The Bertz CT molecular complexity index is 1260. The van der Waals surface area contributed by atoms with Gasteiger partial charge in [0.2, 0.25) is 0 Å². The minimum absolute atomic E-state index is 0.0414. The molecule has 2 heterocycles. The van der Waals surface area contributed by atoms with Crippen LogP contribution in [0.15, 0.2) is 54.6 Å². The van der Waals surface area contributed by atoms with Crippen LogP contribution in [-0.2, 0) is 11.3 Å². The molecule has 0 saturated heterocycles. The van der Waals surface area contributed by atoms with E-state index in [1.165, 1.54) is 52.5 Å². The SMILES string of the molecule is COc1ccc(CNC(=O)c2cc3c(s2)N(C)C(=O)N(CCC(=O)c2ccc(F)cc2)C3OC)cc1. The topological polar surface area (TPSA) is 88.2 Å². The summed E-state index contributed by atoms with van der Waals surface area (Å²) in [4.78, 5) is 41.9. The first-order valence-corrected chi connectivity index (χ1v) is 12.0. The number of benzene rings is 2. The van der Waals surface area contributed by atoms with Crippen LogP contribution in [0.1, 0.15) is 43.8 Å². The minimum atomic E-state index is -0.746. The Morgan fingerprint density at radius 1 is 1.08 bits per heavy atom. The number of hydrogen-bond donors (Lipinski definition) is 1. The number of fused-ring (bicyclic) bond motifs is 1. The van der Waals surface area contributed by atoms with Gasteiger partial charge in [-0.2, -0.15) is 0 Å². The Hall–Kier alpha value is -3.76. The van der Waals surface area contributed by atoms with Crippen molar-refractivity contribution in [3.63, 3.8) is 0 Å². The molecule has 0 spiro atoms. The Labute approximate surface area is 212 Å². The van der Waals surface area contributed by atoms with Crippen LogP contribution >= 0.6 is 11.3 Å². The predicted octanol–water partition coefficient (Wildman–Crippen LogP) is 4.62. The summed E-state index contributed by atoms with van der Waals surface area (Å²) in [5, 5.41) is 3.51. The number of rotatable bonds is 9. The Morgan fingerprint density at radius 2 is 1.78 bits per heavy atom. The number of nitrogens with one attached hydrogen (secondary N) is 1. The maximum atomic E-state index is 13.2. The van der Waals surface area contributed by atoms with Gasteiger partial charge in [0.05, 0.1) is 12.0 Å². The van der Waals surface area contributed by atoms with Gasteiger partial charge in [0, 0.05) is 44.8 Å². The zero-order valence-electron chi connectivity index (χ0n) is 20.1.